The molecule has 0 spiro atoms. The van der Waals surface area contributed by atoms with Crippen LogP contribution in [0.2, 0.25) is 0 Å². The van der Waals surface area contributed by atoms with E-state index in [1.807, 2.05) is 23.1 Å². The highest BCUT2D eigenvalue weighted by molar-refractivity contribution is 5.76. The maximum Gasteiger partial charge on any atom is 0.222 e. The van der Waals surface area contributed by atoms with Gasteiger partial charge < -0.3 is 14.4 Å². The van der Waals surface area contributed by atoms with Crippen molar-refractivity contribution in [2.45, 2.75) is 26.3 Å². The van der Waals surface area contributed by atoms with Crippen LogP contribution in [0.15, 0.2) is 42.5 Å². The summed E-state index contributed by atoms with van der Waals surface area (Å²) in [5, 5.41) is 0. The Kier molecular flexibility index (Phi) is 6.93. The fourth-order valence-corrected chi connectivity index (χ4v) is 3.67. The maximum absolute atomic E-state index is 12.6. The van der Waals surface area contributed by atoms with E-state index in [-0.39, 0.29) is 5.91 Å². The van der Waals surface area contributed by atoms with Gasteiger partial charge in [0.25, 0.3) is 0 Å². The van der Waals surface area contributed by atoms with E-state index >= 15 is 0 Å². The van der Waals surface area contributed by atoms with Crippen molar-refractivity contribution in [2.24, 2.45) is 0 Å². The third kappa shape index (κ3) is 5.26. The molecule has 5 nitrogen and oxygen atoms in total. The van der Waals surface area contributed by atoms with Crippen molar-refractivity contribution in [3.05, 3.63) is 59.2 Å². The molecule has 2 aromatic carbocycles. The van der Waals surface area contributed by atoms with E-state index in [1.165, 1.54) is 11.1 Å². The summed E-state index contributed by atoms with van der Waals surface area (Å²) in [5.74, 6) is 1.64. The van der Waals surface area contributed by atoms with E-state index < -0.39 is 0 Å². The second-order valence-corrected chi connectivity index (χ2v) is 7.34. The number of rotatable bonds is 7. The second-order valence-electron chi connectivity index (χ2n) is 7.34. The largest absolute Gasteiger partial charge is 0.493 e. The Morgan fingerprint density at radius 3 is 2.36 bits per heavy atom. The smallest absolute Gasteiger partial charge is 0.222 e. The van der Waals surface area contributed by atoms with E-state index in [9.17, 15) is 4.79 Å². The molecule has 1 amide bonds. The first kappa shape index (κ1) is 20.2. The molecule has 2 aromatic rings. The third-order valence-corrected chi connectivity index (χ3v) is 5.29. The van der Waals surface area contributed by atoms with Crippen LogP contribution < -0.4 is 9.47 Å². The Labute approximate surface area is 167 Å². The summed E-state index contributed by atoms with van der Waals surface area (Å²) in [5.41, 5.74) is 3.72. The number of carbonyl (C=O) groups is 1. The van der Waals surface area contributed by atoms with Crippen LogP contribution in [0, 0.1) is 6.92 Å². The van der Waals surface area contributed by atoms with Gasteiger partial charge in [-0.3, -0.25) is 9.69 Å². The molecule has 3 rings (SSSR count). The normalized spacial score (nSPS) is 14.8. The molecular formula is C23H30N2O3. The minimum Gasteiger partial charge on any atom is -0.493 e. The average molecular weight is 383 g/mol. The summed E-state index contributed by atoms with van der Waals surface area (Å²) in [7, 11) is 3.25. The molecule has 1 aliphatic heterocycles. The molecule has 0 aromatic heterocycles. The van der Waals surface area contributed by atoms with Crippen LogP contribution in [0.4, 0.5) is 0 Å². The molecule has 28 heavy (non-hydrogen) atoms. The zero-order valence-electron chi connectivity index (χ0n) is 17.1. The van der Waals surface area contributed by atoms with Gasteiger partial charge in [0.15, 0.2) is 11.5 Å². The Morgan fingerprint density at radius 1 is 0.929 bits per heavy atom. The lowest BCUT2D eigenvalue weighted by Crippen LogP contribution is -2.48. The molecule has 1 fully saturated rings. The van der Waals surface area contributed by atoms with Crippen LogP contribution in [0.5, 0.6) is 11.5 Å². The first-order valence-corrected chi connectivity index (χ1v) is 9.85. The van der Waals surface area contributed by atoms with Gasteiger partial charge in [-0.05, 0) is 36.6 Å². The van der Waals surface area contributed by atoms with Crippen LogP contribution in [0.3, 0.4) is 0 Å². The van der Waals surface area contributed by atoms with E-state index in [0.717, 1.165) is 38.3 Å². The van der Waals surface area contributed by atoms with Crippen LogP contribution in [-0.2, 0) is 17.8 Å². The first-order chi connectivity index (χ1) is 13.6. The van der Waals surface area contributed by atoms with Gasteiger partial charge in [0.2, 0.25) is 5.91 Å². The third-order valence-electron chi connectivity index (χ3n) is 5.29. The molecule has 150 valence electrons. The first-order valence-electron chi connectivity index (χ1n) is 9.85. The molecule has 0 bridgehead atoms. The topological polar surface area (TPSA) is 42.0 Å². The maximum atomic E-state index is 12.6. The van der Waals surface area contributed by atoms with Crippen molar-refractivity contribution in [2.75, 3.05) is 40.4 Å². The standard InChI is InChI=1S/C23H30N2O3/c1-18-5-4-6-20(15-18)17-24-11-13-25(14-12-24)23(26)10-8-19-7-9-21(27-2)22(16-19)28-3/h4-7,9,15-16H,8,10-14,17H2,1-3H3. The Hall–Kier alpha value is -2.53. The van der Waals surface area contributed by atoms with Gasteiger partial charge in [-0.15, -0.1) is 0 Å². The summed E-state index contributed by atoms with van der Waals surface area (Å²) in [6.45, 7) is 6.53. The summed E-state index contributed by atoms with van der Waals surface area (Å²) in [6, 6.07) is 14.5. The second kappa shape index (κ2) is 9.60. The zero-order valence-corrected chi connectivity index (χ0v) is 17.1. The lowest BCUT2D eigenvalue weighted by molar-refractivity contribution is -0.133. The minimum atomic E-state index is 0.227. The highest BCUT2D eigenvalue weighted by atomic mass is 16.5. The van der Waals surface area contributed by atoms with Gasteiger partial charge in [0, 0.05) is 39.1 Å². The van der Waals surface area contributed by atoms with Gasteiger partial charge in [-0.1, -0.05) is 35.9 Å². The van der Waals surface area contributed by atoms with Crippen molar-refractivity contribution in [3.63, 3.8) is 0 Å². The highest BCUT2D eigenvalue weighted by Gasteiger charge is 2.21. The van der Waals surface area contributed by atoms with Crippen molar-refractivity contribution in [3.8, 4) is 11.5 Å². The van der Waals surface area contributed by atoms with Gasteiger partial charge >= 0.3 is 0 Å². The van der Waals surface area contributed by atoms with Gasteiger partial charge in [0.1, 0.15) is 0 Å². The molecule has 0 N–H and O–H groups in total. The minimum absolute atomic E-state index is 0.227. The summed E-state index contributed by atoms with van der Waals surface area (Å²) in [6.07, 6.45) is 1.23. The van der Waals surface area contributed by atoms with Crippen molar-refractivity contribution in [1.29, 1.82) is 0 Å². The summed E-state index contributed by atoms with van der Waals surface area (Å²) in [4.78, 5) is 17.0. The SMILES string of the molecule is COc1ccc(CCC(=O)N2CCN(Cc3cccc(C)c3)CC2)cc1OC. The predicted octanol–water partition coefficient (Wildman–Crippen LogP) is 3.29. The van der Waals surface area contributed by atoms with E-state index in [1.54, 1.807) is 14.2 Å². The van der Waals surface area contributed by atoms with E-state index in [2.05, 4.69) is 36.1 Å². The van der Waals surface area contributed by atoms with Crippen molar-refractivity contribution < 1.29 is 14.3 Å². The number of hydrogen-bond donors (Lipinski definition) is 0. The zero-order chi connectivity index (χ0) is 19.9. The van der Waals surface area contributed by atoms with Crippen LogP contribution >= 0.6 is 0 Å². The average Bonchev–Trinajstić information content (AvgIpc) is 2.72. The van der Waals surface area contributed by atoms with Crippen LogP contribution in [0.25, 0.3) is 0 Å². The van der Waals surface area contributed by atoms with E-state index in [4.69, 9.17) is 9.47 Å². The number of ether oxygens (including phenoxy) is 2. The number of nitrogens with zero attached hydrogens (tertiary/aromatic N) is 2. The number of aryl methyl sites for hydroxylation is 2. The molecule has 0 radical (unpaired) electrons. The van der Waals surface area contributed by atoms with E-state index in [0.29, 0.717) is 24.3 Å². The highest BCUT2D eigenvalue weighted by Crippen LogP contribution is 2.28. The van der Waals surface area contributed by atoms with Crippen molar-refractivity contribution >= 4 is 5.91 Å². The quantitative estimate of drug-likeness (QED) is 0.737. The lowest BCUT2D eigenvalue weighted by Gasteiger charge is -2.35. The predicted molar refractivity (Wildman–Crippen MR) is 111 cm³/mol. The fourth-order valence-electron chi connectivity index (χ4n) is 3.67. The molecular weight excluding hydrogens is 352 g/mol. The Morgan fingerprint density at radius 2 is 1.68 bits per heavy atom. The number of piperazine rings is 1. The molecule has 0 saturated carbocycles. The molecule has 5 heteroatoms. The fraction of sp³-hybridized carbons (Fsp3) is 0.435. The number of carbonyl (C=O) groups excluding carboxylic acids is 1. The molecule has 1 saturated heterocycles. The summed E-state index contributed by atoms with van der Waals surface area (Å²) < 4.78 is 10.6. The van der Waals surface area contributed by atoms with Gasteiger partial charge in [-0.25, -0.2) is 0 Å². The van der Waals surface area contributed by atoms with Crippen LogP contribution in [0.1, 0.15) is 23.1 Å². The molecule has 0 unspecified atom stereocenters. The number of methoxy groups -OCH3 is 2. The van der Waals surface area contributed by atoms with Crippen molar-refractivity contribution in [1.82, 2.24) is 9.80 Å². The molecule has 0 aliphatic carbocycles. The Balaban J connectivity index is 1.46. The summed E-state index contributed by atoms with van der Waals surface area (Å²) >= 11 is 0. The van der Waals surface area contributed by atoms with Crippen LogP contribution in [-0.4, -0.2) is 56.1 Å². The molecule has 0 atom stereocenters. The number of hydrogen-bond acceptors (Lipinski definition) is 4. The Bertz CT molecular complexity index is 798. The van der Waals surface area contributed by atoms with Gasteiger partial charge in [0.05, 0.1) is 14.2 Å². The molecule has 1 aliphatic rings. The monoisotopic (exact) mass is 382 g/mol. The number of benzene rings is 2. The lowest BCUT2D eigenvalue weighted by atomic mass is 10.1. The van der Waals surface area contributed by atoms with Gasteiger partial charge in [-0.2, -0.15) is 0 Å². The number of amides is 1. The molecule has 1 heterocycles.